The summed E-state index contributed by atoms with van der Waals surface area (Å²) in [5, 5.41) is 0. The summed E-state index contributed by atoms with van der Waals surface area (Å²) in [7, 11) is -3.58. The van der Waals surface area contributed by atoms with Crippen molar-refractivity contribution >= 4 is 15.9 Å². The van der Waals surface area contributed by atoms with Gasteiger partial charge in [-0.3, -0.25) is 4.79 Å². The van der Waals surface area contributed by atoms with Gasteiger partial charge in [-0.15, -0.1) is 0 Å². The van der Waals surface area contributed by atoms with E-state index in [9.17, 15) is 13.2 Å². The standard InChI is InChI=1S/C19H30N2O3S/c1-15(2)13-18(19(22)21-11-7-4-8-12-21)20-25(23,24)14-17-10-6-5-9-16(17)3/h5-6,9-10,15,18,20H,4,7-8,11-14H2,1-3H3/t18-/m0/s1. The van der Waals surface area contributed by atoms with Crippen LogP contribution in [-0.4, -0.2) is 38.4 Å². The van der Waals surface area contributed by atoms with Crippen molar-refractivity contribution in [3.8, 4) is 0 Å². The maximum atomic E-state index is 12.8. The Labute approximate surface area is 151 Å². The average molecular weight is 367 g/mol. The molecule has 0 unspecified atom stereocenters. The van der Waals surface area contributed by atoms with Gasteiger partial charge in [0.25, 0.3) is 0 Å². The van der Waals surface area contributed by atoms with Gasteiger partial charge in [0.1, 0.15) is 6.04 Å². The number of rotatable bonds is 7. The molecule has 6 heteroatoms. The minimum atomic E-state index is -3.58. The van der Waals surface area contributed by atoms with Crippen molar-refractivity contribution in [3.63, 3.8) is 0 Å². The van der Waals surface area contributed by atoms with E-state index in [1.807, 2.05) is 49.9 Å². The summed E-state index contributed by atoms with van der Waals surface area (Å²) in [5.41, 5.74) is 1.71. The summed E-state index contributed by atoms with van der Waals surface area (Å²) in [6.07, 6.45) is 3.65. The van der Waals surface area contributed by atoms with Crippen LogP contribution >= 0.6 is 0 Å². The van der Waals surface area contributed by atoms with Crippen molar-refractivity contribution in [1.29, 1.82) is 0 Å². The van der Waals surface area contributed by atoms with Crippen LogP contribution in [0.4, 0.5) is 0 Å². The molecule has 0 radical (unpaired) electrons. The van der Waals surface area contributed by atoms with E-state index >= 15 is 0 Å². The Hall–Kier alpha value is -1.40. The number of aryl methyl sites for hydroxylation is 1. The number of hydrogen-bond acceptors (Lipinski definition) is 3. The predicted molar refractivity (Wildman–Crippen MR) is 101 cm³/mol. The molecule has 1 saturated heterocycles. The Bertz CT molecular complexity index is 680. The predicted octanol–water partition coefficient (Wildman–Crippen LogP) is 2.84. The van der Waals surface area contributed by atoms with E-state index in [4.69, 9.17) is 0 Å². The highest BCUT2D eigenvalue weighted by Gasteiger charge is 2.30. The average Bonchev–Trinajstić information content (AvgIpc) is 2.55. The van der Waals surface area contributed by atoms with E-state index in [2.05, 4.69) is 4.72 Å². The van der Waals surface area contributed by atoms with Crippen LogP contribution in [0.1, 0.15) is 50.7 Å². The number of hydrogen-bond donors (Lipinski definition) is 1. The highest BCUT2D eigenvalue weighted by molar-refractivity contribution is 7.88. The Kier molecular flexibility index (Phi) is 7.02. The van der Waals surface area contributed by atoms with Gasteiger partial charge in [0, 0.05) is 13.1 Å². The lowest BCUT2D eigenvalue weighted by atomic mass is 10.0. The number of sulfonamides is 1. The first kappa shape index (κ1) is 19.9. The number of likely N-dealkylation sites (tertiary alicyclic amines) is 1. The molecule has 1 aliphatic rings. The van der Waals surface area contributed by atoms with Gasteiger partial charge in [0.2, 0.25) is 15.9 Å². The van der Waals surface area contributed by atoms with Gasteiger partial charge in [0.15, 0.2) is 0 Å². The van der Waals surface area contributed by atoms with Gasteiger partial charge < -0.3 is 4.90 Å². The molecule has 0 saturated carbocycles. The van der Waals surface area contributed by atoms with E-state index in [0.717, 1.165) is 43.5 Å². The highest BCUT2D eigenvalue weighted by atomic mass is 32.2. The number of nitrogens with one attached hydrogen (secondary N) is 1. The summed E-state index contributed by atoms with van der Waals surface area (Å²) >= 11 is 0. The van der Waals surface area contributed by atoms with Crippen LogP contribution in [0.5, 0.6) is 0 Å². The maximum Gasteiger partial charge on any atom is 0.240 e. The molecule has 1 aromatic carbocycles. The van der Waals surface area contributed by atoms with Crippen LogP contribution < -0.4 is 4.72 Å². The van der Waals surface area contributed by atoms with Crippen molar-refractivity contribution < 1.29 is 13.2 Å². The molecule has 0 aromatic heterocycles. The summed E-state index contributed by atoms with van der Waals surface area (Å²) < 4.78 is 28.0. The van der Waals surface area contributed by atoms with E-state index in [-0.39, 0.29) is 17.6 Å². The third-order valence-corrected chi connectivity index (χ3v) is 5.94. The molecule has 2 rings (SSSR count). The van der Waals surface area contributed by atoms with Crippen LogP contribution in [0.2, 0.25) is 0 Å². The maximum absolute atomic E-state index is 12.8. The van der Waals surface area contributed by atoms with Gasteiger partial charge >= 0.3 is 0 Å². The van der Waals surface area contributed by atoms with E-state index in [1.165, 1.54) is 0 Å². The summed E-state index contributed by atoms with van der Waals surface area (Å²) in [6, 6.07) is 6.77. The van der Waals surface area contributed by atoms with E-state index in [1.54, 1.807) is 0 Å². The van der Waals surface area contributed by atoms with Gasteiger partial charge in [-0.2, -0.15) is 0 Å². The molecule has 1 fully saturated rings. The van der Waals surface area contributed by atoms with Crippen molar-refractivity contribution in [2.24, 2.45) is 5.92 Å². The molecule has 1 N–H and O–H groups in total. The van der Waals surface area contributed by atoms with Gasteiger partial charge in [-0.25, -0.2) is 13.1 Å². The van der Waals surface area contributed by atoms with Gasteiger partial charge in [0.05, 0.1) is 5.75 Å². The summed E-state index contributed by atoms with van der Waals surface area (Å²) in [5.74, 6) is 0.0586. The van der Waals surface area contributed by atoms with E-state index < -0.39 is 16.1 Å². The fourth-order valence-corrected chi connectivity index (χ4v) is 4.69. The number of carbonyl (C=O) groups excluding carboxylic acids is 1. The van der Waals surface area contributed by atoms with Crippen molar-refractivity contribution in [2.45, 2.75) is 58.2 Å². The molecule has 5 nitrogen and oxygen atoms in total. The molecule has 1 aliphatic heterocycles. The minimum absolute atomic E-state index is 0.0817. The monoisotopic (exact) mass is 366 g/mol. The highest BCUT2D eigenvalue weighted by Crippen LogP contribution is 2.16. The molecular formula is C19H30N2O3S. The van der Waals surface area contributed by atoms with Gasteiger partial charge in [-0.05, 0) is 49.7 Å². The number of amides is 1. The van der Waals surface area contributed by atoms with Crippen LogP contribution in [-0.2, 0) is 20.6 Å². The third-order valence-electron chi connectivity index (χ3n) is 4.60. The molecule has 0 bridgehead atoms. The number of carbonyl (C=O) groups is 1. The second-order valence-electron chi connectivity index (χ2n) is 7.37. The molecule has 1 aromatic rings. The first-order valence-electron chi connectivity index (χ1n) is 9.12. The Balaban J connectivity index is 2.11. The number of piperidine rings is 1. The lowest BCUT2D eigenvalue weighted by molar-refractivity contribution is -0.134. The molecule has 1 heterocycles. The third kappa shape index (κ3) is 6.12. The fraction of sp³-hybridized carbons (Fsp3) is 0.632. The van der Waals surface area contributed by atoms with Crippen LogP contribution in [0.3, 0.4) is 0 Å². The topological polar surface area (TPSA) is 66.5 Å². The Morgan fingerprint density at radius 3 is 2.40 bits per heavy atom. The van der Waals surface area contributed by atoms with Crippen molar-refractivity contribution in [3.05, 3.63) is 35.4 Å². The quantitative estimate of drug-likeness (QED) is 0.807. The molecule has 0 aliphatic carbocycles. The molecule has 140 valence electrons. The van der Waals surface area contributed by atoms with Crippen molar-refractivity contribution in [1.82, 2.24) is 9.62 Å². The normalized spacial score (nSPS) is 16.9. The second kappa shape index (κ2) is 8.81. The molecule has 1 amide bonds. The fourth-order valence-electron chi connectivity index (χ4n) is 3.24. The lowest BCUT2D eigenvalue weighted by Crippen LogP contribution is -2.50. The Morgan fingerprint density at radius 1 is 1.16 bits per heavy atom. The molecule has 25 heavy (non-hydrogen) atoms. The van der Waals surface area contributed by atoms with Crippen molar-refractivity contribution in [2.75, 3.05) is 13.1 Å². The summed E-state index contributed by atoms with van der Waals surface area (Å²) in [6.45, 7) is 7.37. The first-order valence-corrected chi connectivity index (χ1v) is 10.8. The SMILES string of the molecule is Cc1ccccc1CS(=O)(=O)N[C@@H](CC(C)C)C(=O)N1CCCCC1. The molecule has 1 atom stereocenters. The Morgan fingerprint density at radius 2 is 1.80 bits per heavy atom. The molecule has 0 spiro atoms. The van der Waals surface area contributed by atoms with E-state index in [0.29, 0.717) is 6.42 Å². The number of benzene rings is 1. The minimum Gasteiger partial charge on any atom is -0.341 e. The first-order chi connectivity index (χ1) is 11.8. The smallest absolute Gasteiger partial charge is 0.240 e. The zero-order valence-electron chi connectivity index (χ0n) is 15.5. The lowest BCUT2D eigenvalue weighted by Gasteiger charge is -2.31. The van der Waals surface area contributed by atoms with Crippen LogP contribution in [0.15, 0.2) is 24.3 Å². The number of nitrogens with zero attached hydrogens (tertiary/aromatic N) is 1. The second-order valence-corrected chi connectivity index (χ2v) is 9.13. The van der Waals surface area contributed by atoms with Crippen LogP contribution in [0, 0.1) is 12.8 Å². The summed E-state index contributed by atoms with van der Waals surface area (Å²) in [4.78, 5) is 14.6. The zero-order valence-corrected chi connectivity index (χ0v) is 16.3. The molecular weight excluding hydrogens is 336 g/mol. The largest absolute Gasteiger partial charge is 0.341 e. The van der Waals surface area contributed by atoms with Gasteiger partial charge in [-0.1, -0.05) is 38.1 Å². The van der Waals surface area contributed by atoms with Crippen LogP contribution in [0.25, 0.3) is 0 Å². The zero-order chi connectivity index (χ0) is 18.4.